The Labute approximate surface area is 141 Å². The lowest BCUT2D eigenvalue weighted by Gasteiger charge is -2.06. The van der Waals surface area contributed by atoms with Crippen LogP contribution in [0, 0.1) is 0 Å². The highest BCUT2D eigenvalue weighted by atomic mass is 16.4. The summed E-state index contributed by atoms with van der Waals surface area (Å²) in [7, 11) is 0. The van der Waals surface area contributed by atoms with E-state index in [-0.39, 0.29) is 17.5 Å². The highest BCUT2D eigenvalue weighted by Gasteiger charge is 2.11. The van der Waals surface area contributed by atoms with Gasteiger partial charge in [0.25, 0.3) is 0 Å². The van der Waals surface area contributed by atoms with E-state index >= 15 is 0 Å². The van der Waals surface area contributed by atoms with E-state index in [1.807, 2.05) is 0 Å². The third-order valence-electron chi connectivity index (χ3n) is 3.84. The first-order valence-electron chi connectivity index (χ1n) is 8.22. The van der Waals surface area contributed by atoms with Crippen molar-refractivity contribution in [1.29, 1.82) is 0 Å². The SMILES string of the molecule is O=C(O)CCCCCCCCCc1cc(C(=O)O)cc(C(=O)O)c1. The number of rotatable bonds is 12. The van der Waals surface area contributed by atoms with Gasteiger partial charge in [0.1, 0.15) is 0 Å². The molecule has 3 N–H and O–H groups in total. The smallest absolute Gasteiger partial charge is 0.335 e. The average Bonchev–Trinajstić information content (AvgIpc) is 2.52. The molecule has 0 bridgehead atoms. The van der Waals surface area contributed by atoms with E-state index in [4.69, 9.17) is 15.3 Å². The number of carboxylic acid groups (broad SMARTS) is 3. The van der Waals surface area contributed by atoms with Gasteiger partial charge in [-0.2, -0.15) is 0 Å². The molecule has 6 heteroatoms. The number of aryl methyl sites for hydroxylation is 1. The Morgan fingerprint density at radius 2 is 1.12 bits per heavy atom. The Bertz CT molecular complexity index is 547. The van der Waals surface area contributed by atoms with Crippen molar-refractivity contribution in [2.45, 2.75) is 57.8 Å². The van der Waals surface area contributed by atoms with Crippen LogP contribution in [-0.2, 0) is 11.2 Å². The minimum Gasteiger partial charge on any atom is -0.481 e. The van der Waals surface area contributed by atoms with Crippen LogP contribution >= 0.6 is 0 Å². The summed E-state index contributed by atoms with van der Waals surface area (Å²) in [5.41, 5.74) is 0.736. The first-order valence-corrected chi connectivity index (χ1v) is 8.22. The van der Waals surface area contributed by atoms with Crippen molar-refractivity contribution in [3.63, 3.8) is 0 Å². The molecule has 1 rings (SSSR count). The lowest BCUT2D eigenvalue weighted by atomic mass is 10.00. The normalized spacial score (nSPS) is 10.5. The fourth-order valence-electron chi connectivity index (χ4n) is 2.57. The second kappa shape index (κ2) is 10.4. The molecule has 0 aliphatic rings. The third kappa shape index (κ3) is 7.76. The minimum absolute atomic E-state index is 0.00308. The molecule has 0 radical (unpaired) electrons. The highest BCUT2D eigenvalue weighted by molar-refractivity contribution is 5.94. The first-order chi connectivity index (χ1) is 11.4. The topological polar surface area (TPSA) is 112 Å². The van der Waals surface area contributed by atoms with Crippen LogP contribution in [0.1, 0.15) is 77.6 Å². The summed E-state index contributed by atoms with van der Waals surface area (Å²) in [6.07, 6.45) is 7.49. The molecule has 0 saturated carbocycles. The second-order valence-electron chi connectivity index (χ2n) is 5.90. The van der Waals surface area contributed by atoms with Gasteiger partial charge in [-0.3, -0.25) is 4.79 Å². The molecule has 24 heavy (non-hydrogen) atoms. The molecule has 0 saturated heterocycles. The number of aliphatic carboxylic acids is 1. The van der Waals surface area contributed by atoms with Crippen LogP contribution in [0.25, 0.3) is 0 Å². The van der Waals surface area contributed by atoms with E-state index in [1.54, 1.807) is 0 Å². The number of aromatic carboxylic acids is 2. The van der Waals surface area contributed by atoms with Crippen LogP contribution in [-0.4, -0.2) is 33.2 Å². The second-order valence-corrected chi connectivity index (χ2v) is 5.90. The Kier molecular flexibility index (Phi) is 8.54. The molecule has 0 aliphatic carbocycles. The van der Waals surface area contributed by atoms with E-state index in [1.165, 1.54) is 18.2 Å². The number of carbonyl (C=O) groups is 3. The third-order valence-corrected chi connectivity index (χ3v) is 3.84. The van der Waals surface area contributed by atoms with Crippen molar-refractivity contribution in [3.8, 4) is 0 Å². The summed E-state index contributed by atoms with van der Waals surface area (Å²) in [6, 6.07) is 4.23. The monoisotopic (exact) mass is 336 g/mol. The maximum Gasteiger partial charge on any atom is 0.335 e. The molecule has 0 amide bonds. The zero-order chi connectivity index (χ0) is 17.9. The molecular formula is C18H24O6. The Hall–Kier alpha value is -2.37. The summed E-state index contributed by atoms with van der Waals surface area (Å²) in [5, 5.41) is 26.6. The number of unbranched alkanes of at least 4 members (excludes halogenated alkanes) is 6. The van der Waals surface area contributed by atoms with Crippen molar-refractivity contribution in [3.05, 3.63) is 34.9 Å². The Morgan fingerprint density at radius 3 is 1.58 bits per heavy atom. The molecular weight excluding hydrogens is 312 g/mol. The summed E-state index contributed by atoms with van der Waals surface area (Å²) >= 11 is 0. The Balaban J connectivity index is 2.31. The van der Waals surface area contributed by atoms with Gasteiger partial charge in [-0.25, -0.2) is 9.59 Å². The summed E-state index contributed by atoms with van der Waals surface area (Å²) in [6.45, 7) is 0. The van der Waals surface area contributed by atoms with Gasteiger partial charge in [0.15, 0.2) is 0 Å². The molecule has 1 aromatic carbocycles. The zero-order valence-corrected chi connectivity index (χ0v) is 13.7. The predicted molar refractivity (Wildman–Crippen MR) is 88.6 cm³/mol. The fourth-order valence-corrected chi connectivity index (χ4v) is 2.57. The van der Waals surface area contributed by atoms with E-state index in [0.717, 1.165) is 50.5 Å². The summed E-state index contributed by atoms with van der Waals surface area (Å²) in [4.78, 5) is 32.5. The molecule has 0 aromatic heterocycles. The Morgan fingerprint density at radius 1 is 0.667 bits per heavy atom. The van der Waals surface area contributed by atoms with Gasteiger partial charge >= 0.3 is 17.9 Å². The van der Waals surface area contributed by atoms with Gasteiger partial charge < -0.3 is 15.3 Å². The highest BCUT2D eigenvalue weighted by Crippen LogP contribution is 2.15. The van der Waals surface area contributed by atoms with Gasteiger partial charge in [0.2, 0.25) is 0 Å². The van der Waals surface area contributed by atoms with Gasteiger partial charge in [-0.1, -0.05) is 32.1 Å². The lowest BCUT2D eigenvalue weighted by molar-refractivity contribution is -0.137. The van der Waals surface area contributed by atoms with Gasteiger partial charge in [0.05, 0.1) is 11.1 Å². The minimum atomic E-state index is -1.12. The standard InChI is InChI=1S/C18H24O6/c19-16(20)9-7-5-3-1-2-4-6-8-13-10-14(17(21)22)12-15(11-13)18(23)24/h10-12H,1-9H2,(H,19,20)(H,21,22)(H,23,24). The number of carboxylic acids is 3. The summed E-state index contributed by atoms with van der Waals surface area (Å²) < 4.78 is 0. The number of hydrogen-bond acceptors (Lipinski definition) is 3. The quantitative estimate of drug-likeness (QED) is 0.500. The van der Waals surface area contributed by atoms with E-state index in [9.17, 15) is 14.4 Å². The molecule has 0 fully saturated rings. The zero-order valence-electron chi connectivity index (χ0n) is 13.7. The van der Waals surface area contributed by atoms with E-state index < -0.39 is 17.9 Å². The van der Waals surface area contributed by atoms with Crippen LogP contribution in [0.3, 0.4) is 0 Å². The summed E-state index contributed by atoms with van der Waals surface area (Å²) in [5.74, 6) is -3.00. The van der Waals surface area contributed by atoms with Gasteiger partial charge in [-0.05, 0) is 43.0 Å². The van der Waals surface area contributed by atoms with Crippen molar-refractivity contribution >= 4 is 17.9 Å². The molecule has 0 spiro atoms. The fraction of sp³-hybridized carbons (Fsp3) is 0.500. The molecule has 132 valence electrons. The van der Waals surface area contributed by atoms with Crippen molar-refractivity contribution in [2.24, 2.45) is 0 Å². The van der Waals surface area contributed by atoms with Crippen LogP contribution < -0.4 is 0 Å². The van der Waals surface area contributed by atoms with Crippen LogP contribution in [0.15, 0.2) is 18.2 Å². The van der Waals surface area contributed by atoms with Crippen molar-refractivity contribution in [2.75, 3.05) is 0 Å². The van der Waals surface area contributed by atoms with Gasteiger partial charge in [0, 0.05) is 6.42 Å². The van der Waals surface area contributed by atoms with E-state index in [2.05, 4.69) is 0 Å². The first kappa shape index (κ1) is 19.7. The average molecular weight is 336 g/mol. The number of hydrogen-bond donors (Lipinski definition) is 3. The number of benzene rings is 1. The predicted octanol–water partition coefficient (Wildman–Crippen LogP) is 3.83. The maximum atomic E-state index is 11.0. The molecule has 0 unspecified atom stereocenters. The molecule has 0 aliphatic heterocycles. The molecule has 6 nitrogen and oxygen atoms in total. The molecule has 1 aromatic rings. The van der Waals surface area contributed by atoms with Gasteiger partial charge in [-0.15, -0.1) is 0 Å². The largest absolute Gasteiger partial charge is 0.481 e. The molecule has 0 atom stereocenters. The van der Waals surface area contributed by atoms with E-state index in [0.29, 0.717) is 6.42 Å². The molecule has 0 heterocycles. The van der Waals surface area contributed by atoms with Crippen molar-refractivity contribution < 1.29 is 29.7 Å². The van der Waals surface area contributed by atoms with Crippen LogP contribution in [0.4, 0.5) is 0 Å². The van der Waals surface area contributed by atoms with Crippen LogP contribution in [0.2, 0.25) is 0 Å². The maximum absolute atomic E-state index is 11.0. The van der Waals surface area contributed by atoms with Crippen molar-refractivity contribution in [1.82, 2.24) is 0 Å². The van der Waals surface area contributed by atoms with Crippen LogP contribution in [0.5, 0.6) is 0 Å². The lowest BCUT2D eigenvalue weighted by Crippen LogP contribution is -2.04.